The SMILES string of the molecule is CC(C)(C)OC(=O)N1CC(F)(CNC2CC2)C1. The van der Waals surface area contributed by atoms with Crippen molar-refractivity contribution >= 4 is 6.09 Å². The van der Waals surface area contributed by atoms with Crippen LogP contribution in [-0.2, 0) is 4.74 Å². The van der Waals surface area contributed by atoms with Crippen molar-refractivity contribution in [2.24, 2.45) is 0 Å². The van der Waals surface area contributed by atoms with Gasteiger partial charge in [0.2, 0.25) is 0 Å². The fourth-order valence-electron chi connectivity index (χ4n) is 1.82. The van der Waals surface area contributed by atoms with Gasteiger partial charge in [0.05, 0.1) is 13.1 Å². The summed E-state index contributed by atoms with van der Waals surface area (Å²) in [7, 11) is 0. The van der Waals surface area contributed by atoms with E-state index in [2.05, 4.69) is 5.32 Å². The van der Waals surface area contributed by atoms with Crippen molar-refractivity contribution in [1.82, 2.24) is 10.2 Å². The molecule has 1 aliphatic heterocycles. The van der Waals surface area contributed by atoms with Gasteiger partial charge in [-0.05, 0) is 33.6 Å². The number of alkyl halides is 1. The van der Waals surface area contributed by atoms with E-state index >= 15 is 0 Å². The minimum absolute atomic E-state index is 0.141. The zero-order valence-corrected chi connectivity index (χ0v) is 10.8. The Morgan fingerprint density at radius 1 is 1.47 bits per heavy atom. The van der Waals surface area contributed by atoms with E-state index in [1.165, 1.54) is 4.90 Å². The molecule has 2 rings (SSSR count). The van der Waals surface area contributed by atoms with Crippen molar-refractivity contribution in [3.05, 3.63) is 0 Å². The fourth-order valence-corrected chi connectivity index (χ4v) is 1.82. The lowest BCUT2D eigenvalue weighted by atomic mass is 9.97. The molecular weight excluding hydrogens is 223 g/mol. The van der Waals surface area contributed by atoms with Crippen molar-refractivity contribution in [3.8, 4) is 0 Å². The highest BCUT2D eigenvalue weighted by molar-refractivity contribution is 5.69. The summed E-state index contributed by atoms with van der Waals surface area (Å²) in [5.41, 5.74) is -1.78. The zero-order chi connectivity index (χ0) is 12.7. The van der Waals surface area contributed by atoms with E-state index in [4.69, 9.17) is 4.74 Å². The molecule has 0 spiro atoms. The average molecular weight is 244 g/mol. The molecule has 1 saturated carbocycles. The Labute approximate surface area is 101 Å². The molecule has 2 aliphatic rings. The molecule has 0 aromatic carbocycles. The molecule has 0 atom stereocenters. The Balaban J connectivity index is 1.71. The molecule has 2 fully saturated rings. The first-order valence-corrected chi connectivity index (χ1v) is 6.18. The van der Waals surface area contributed by atoms with Gasteiger partial charge in [-0.2, -0.15) is 0 Å². The van der Waals surface area contributed by atoms with E-state index in [-0.39, 0.29) is 13.1 Å². The van der Waals surface area contributed by atoms with E-state index in [1.54, 1.807) is 0 Å². The molecule has 4 nitrogen and oxygen atoms in total. The van der Waals surface area contributed by atoms with Gasteiger partial charge in [0.25, 0.3) is 0 Å². The topological polar surface area (TPSA) is 41.6 Å². The van der Waals surface area contributed by atoms with Gasteiger partial charge in [0, 0.05) is 12.6 Å². The van der Waals surface area contributed by atoms with Gasteiger partial charge in [-0.3, -0.25) is 0 Å². The summed E-state index contributed by atoms with van der Waals surface area (Å²) in [6.07, 6.45) is 1.87. The van der Waals surface area contributed by atoms with Gasteiger partial charge in [-0.25, -0.2) is 9.18 Å². The molecule has 1 saturated heterocycles. The normalized spacial score (nSPS) is 23.2. The Morgan fingerprint density at radius 2 is 2.06 bits per heavy atom. The van der Waals surface area contributed by atoms with Crippen LogP contribution in [0.3, 0.4) is 0 Å². The number of hydrogen-bond acceptors (Lipinski definition) is 3. The van der Waals surface area contributed by atoms with Crippen molar-refractivity contribution in [1.29, 1.82) is 0 Å². The minimum atomic E-state index is -1.26. The molecule has 0 aromatic heterocycles. The highest BCUT2D eigenvalue weighted by Crippen LogP contribution is 2.28. The average Bonchev–Trinajstić information content (AvgIpc) is 2.90. The van der Waals surface area contributed by atoms with Gasteiger partial charge in [0.1, 0.15) is 5.60 Å². The van der Waals surface area contributed by atoms with Crippen molar-refractivity contribution < 1.29 is 13.9 Å². The smallest absolute Gasteiger partial charge is 0.410 e. The molecule has 1 N–H and O–H groups in total. The van der Waals surface area contributed by atoms with Crippen molar-refractivity contribution in [2.75, 3.05) is 19.6 Å². The Morgan fingerprint density at radius 3 is 2.53 bits per heavy atom. The molecule has 5 heteroatoms. The van der Waals surface area contributed by atoms with Crippen LogP contribution in [0.4, 0.5) is 9.18 Å². The van der Waals surface area contributed by atoms with Crippen LogP contribution in [0, 0.1) is 0 Å². The van der Waals surface area contributed by atoms with Gasteiger partial charge in [-0.15, -0.1) is 0 Å². The van der Waals surface area contributed by atoms with Crippen LogP contribution in [0.2, 0.25) is 0 Å². The first kappa shape index (κ1) is 12.6. The van der Waals surface area contributed by atoms with Gasteiger partial charge < -0.3 is 15.0 Å². The number of amides is 1. The van der Waals surface area contributed by atoms with E-state index < -0.39 is 17.4 Å². The molecule has 0 unspecified atom stereocenters. The van der Waals surface area contributed by atoms with E-state index in [9.17, 15) is 9.18 Å². The third kappa shape index (κ3) is 3.56. The maximum absolute atomic E-state index is 14.0. The summed E-state index contributed by atoms with van der Waals surface area (Å²) in [5, 5.41) is 3.15. The number of carbonyl (C=O) groups excluding carboxylic acids is 1. The second-order valence-corrected chi connectivity index (χ2v) is 6.14. The molecular formula is C12H21FN2O2. The molecule has 1 amide bonds. The molecule has 98 valence electrons. The largest absolute Gasteiger partial charge is 0.444 e. The van der Waals surface area contributed by atoms with Crippen LogP contribution in [0.15, 0.2) is 0 Å². The first-order chi connectivity index (χ1) is 7.77. The highest BCUT2D eigenvalue weighted by atomic mass is 19.1. The van der Waals surface area contributed by atoms with Gasteiger partial charge in [-0.1, -0.05) is 0 Å². The minimum Gasteiger partial charge on any atom is -0.444 e. The summed E-state index contributed by atoms with van der Waals surface area (Å²) in [6, 6.07) is 0.498. The summed E-state index contributed by atoms with van der Waals surface area (Å²) in [6.45, 7) is 6.05. The van der Waals surface area contributed by atoms with E-state index in [1.807, 2.05) is 20.8 Å². The van der Waals surface area contributed by atoms with E-state index in [0.717, 1.165) is 12.8 Å². The Kier molecular flexibility index (Phi) is 3.06. The summed E-state index contributed by atoms with van der Waals surface area (Å²) >= 11 is 0. The number of ether oxygens (including phenoxy) is 1. The number of likely N-dealkylation sites (tertiary alicyclic amines) is 1. The lowest BCUT2D eigenvalue weighted by Crippen LogP contribution is -2.65. The van der Waals surface area contributed by atoms with Crippen LogP contribution in [0.25, 0.3) is 0 Å². The van der Waals surface area contributed by atoms with Crippen LogP contribution < -0.4 is 5.32 Å². The van der Waals surface area contributed by atoms with Crippen LogP contribution in [0.1, 0.15) is 33.6 Å². The van der Waals surface area contributed by atoms with Crippen LogP contribution in [0.5, 0.6) is 0 Å². The van der Waals surface area contributed by atoms with Crippen LogP contribution in [-0.4, -0.2) is 47.9 Å². The maximum atomic E-state index is 14.0. The molecule has 0 bridgehead atoms. The number of rotatable bonds is 3. The summed E-state index contributed by atoms with van der Waals surface area (Å²) in [4.78, 5) is 13.0. The molecule has 17 heavy (non-hydrogen) atoms. The Bertz CT molecular complexity index is 304. The molecule has 1 heterocycles. The second-order valence-electron chi connectivity index (χ2n) is 6.14. The molecule has 1 aliphatic carbocycles. The number of nitrogens with zero attached hydrogens (tertiary/aromatic N) is 1. The zero-order valence-electron chi connectivity index (χ0n) is 10.8. The van der Waals surface area contributed by atoms with Crippen molar-refractivity contribution in [2.45, 2.75) is 50.9 Å². The predicted molar refractivity (Wildman–Crippen MR) is 62.7 cm³/mol. The van der Waals surface area contributed by atoms with Gasteiger partial charge >= 0.3 is 6.09 Å². The number of carbonyl (C=O) groups is 1. The number of halogens is 1. The lowest BCUT2D eigenvalue weighted by molar-refractivity contribution is -0.0497. The Hall–Kier alpha value is -0.840. The first-order valence-electron chi connectivity index (χ1n) is 6.18. The maximum Gasteiger partial charge on any atom is 0.410 e. The fraction of sp³-hybridized carbons (Fsp3) is 0.917. The number of hydrogen-bond donors (Lipinski definition) is 1. The molecule has 0 radical (unpaired) electrons. The molecule has 0 aromatic rings. The van der Waals surface area contributed by atoms with E-state index in [0.29, 0.717) is 12.6 Å². The highest BCUT2D eigenvalue weighted by Gasteiger charge is 2.47. The second kappa shape index (κ2) is 4.12. The third-order valence-electron chi connectivity index (χ3n) is 2.89. The van der Waals surface area contributed by atoms with Crippen molar-refractivity contribution in [3.63, 3.8) is 0 Å². The lowest BCUT2D eigenvalue weighted by Gasteiger charge is -2.44. The predicted octanol–water partition coefficient (Wildman–Crippen LogP) is 1.70. The standard InChI is InChI=1S/C12H21FN2O2/c1-11(2,3)17-10(16)15-7-12(13,8-15)6-14-9-4-5-9/h9,14H,4-8H2,1-3H3. The monoisotopic (exact) mass is 244 g/mol. The van der Waals surface area contributed by atoms with Crippen LogP contribution >= 0.6 is 0 Å². The summed E-state index contributed by atoms with van der Waals surface area (Å²) in [5.74, 6) is 0. The number of nitrogens with one attached hydrogen (secondary N) is 1. The van der Waals surface area contributed by atoms with Gasteiger partial charge in [0.15, 0.2) is 5.67 Å². The third-order valence-corrected chi connectivity index (χ3v) is 2.89. The quantitative estimate of drug-likeness (QED) is 0.821. The summed E-state index contributed by atoms with van der Waals surface area (Å²) < 4.78 is 19.2.